The quantitative estimate of drug-likeness (QED) is 0.351. The van der Waals surface area contributed by atoms with Gasteiger partial charge in [0.05, 0.1) is 5.56 Å². The molecule has 0 fully saturated rings. The molecule has 0 unspecified atom stereocenters. The number of rotatable bonds is 7. The van der Waals surface area contributed by atoms with E-state index in [1.165, 1.54) is 25.0 Å². The highest BCUT2D eigenvalue weighted by molar-refractivity contribution is 5.97. The van der Waals surface area contributed by atoms with Gasteiger partial charge in [0.25, 0.3) is 0 Å². The van der Waals surface area contributed by atoms with Crippen molar-refractivity contribution in [3.8, 4) is 23.0 Å². The zero-order chi connectivity index (χ0) is 23.0. The third-order valence-corrected chi connectivity index (χ3v) is 6.48. The number of carbonyl (C=O) groups is 1. The van der Waals surface area contributed by atoms with E-state index in [-0.39, 0.29) is 11.5 Å². The summed E-state index contributed by atoms with van der Waals surface area (Å²) in [6, 6.07) is 15.5. The molecule has 0 radical (unpaired) electrons. The van der Waals surface area contributed by atoms with Gasteiger partial charge < -0.3 is 25.0 Å². The summed E-state index contributed by atoms with van der Waals surface area (Å²) >= 11 is 0. The van der Waals surface area contributed by atoms with Gasteiger partial charge in [-0.2, -0.15) is 0 Å². The molecule has 6 heteroatoms. The molecule has 0 saturated heterocycles. The fourth-order valence-corrected chi connectivity index (χ4v) is 4.89. The van der Waals surface area contributed by atoms with Crippen LogP contribution in [0.5, 0.6) is 23.0 Å². The largest absolute Gasteiger partial charge is 0.508 e. The number of hydrogen-bond acceptors (Lipinski definition) is 6. The number of ether oxygens (including phenoxy) is 2. The number of hydrogen-bond donors (Lipinski definition) is 3. The van der Waals surface area contributed by atoms with Gasteiger partial charge >= 0.3 is 5.97 Å². The van der Waals surface area contributed by atoms with Gasteiger partial charge in [-0.25, -0.2) is 4.79 Å². The Hall–Kier alpha value is -3.51. The molecule has 5 rings (SSSR count). The van der Waals surface area contributed by atoms with Crippen molar-refractivity contribution in [2.24, 2.45) is 0 Å². The van der Waals surface area contributed by atoms with Crippen LogP contribution < -0.4 is 10.1 Å². The lowest BCUT2D eigenvalue weighted by Crippen LogP contribution is -2.33. The van der Waals surface area contributed by atoms with Crippen LogP contribution in [-0.4, -0.2) is 29.8 Å². The minimum absolute atomic E-state index is 0.0454. The molecule has 0 amide bonds. The van der Waals surface area contributed by atoms with E-state index in [1.807, 2.05) is 19.2 Å². The standard InChI is InChI=1S/C27H27NO5/c1-28-13-5-3-2-4-6-17-7-10-20-23(14-17)27(33-26(20)31)21-11-8-18(29)15-24(21)32-25-16-19(30)9-12-22(25)27/h7-12,14-16,28-30H,2-6,13H2,1H3. The monoisotopic (exact) mass is 445 g/mol. The van der Waals surface area contributed by atoms with E-state index in [0.717, 1.165) is 36.9 Å². The Morgan fingerprint density at radius 2 is 1.48 bits per heavy atom. The maximum atomic E-state index is 13.0. The number of benzene rings is 3. The van der Waals surface area contributed by atoms with Gasteiger partial charge in [-0.15, -0.1) is 0 Å². The number of unbranched alkanes of at least 4 members (excludes halogenated alkanes) is 3. The summed E-state index contributed by atoms with van der Waals surface area (Å²) < 4.78 is 12.1. The molecular weight excluding hydrogens is 418 g/mol. The predicted octanol–water partition coefficient (Wildman–Crippen LogP) is 4.99. The average molecular weight is 446 g/mol. The maximum absolute atomic E-state index is 13.0. The molecule has 6 nitrogen and oxygen atoms in total. The van der Waals surface area contributed by atoms with Crippen molar-refractivity contribution in [2.45, 2.75) is 37.7 Å². The molecule has 3 aromatic rings. The molecule has 1 spiro atoms. The van der Waals surface area contributed by atoms with Gasteiger partial charge in [0.15, 0.2) is 5.60 Å². The number of esters is 1. The molecular formula is C27H27NO5. The van der Waals surface area contributed by atoms with Crippen molar-refractivity contribution in [3.05, 3.63) is 82.4 Å². The lowest BCUT2D eigenvalue weighted by atomic mass is 9.77. The molecule has 170 valence electrons. The first kappa shape index (κ1) is 21.3. The minimum Gasteiger partial charge on any atom is -0.508 e. The van der Waals surface area contributed by atoms with Crippen LogP contribution in [0.1, 0.15) is 58.3 Å². The average Bonchev–Trinajstić information content (AvgIpc) is 3.08. The van der Waals surface area contributed by atoms with Gasteiger partial charge in [-0.1, -0.05) is 25.0 Å². The van der Waals surface area contributed by atoms with Crippen molar-refractivity contribution < 1.29 is 24.5 Å². The number of phenols is 2. The molecule has 0 atom stereocenters. The third-order valence-electron chi connectivity index (χ3n) is 6.48. The van der Waals surface area contributed by atoms with E-state index in [9.17, 15) is 15.0 Å². The van der Waals surface area contributed by atoms with E-state index < -0.39 is 11.6 Å². The van der Waals surface area contributed by atoms with Crippen LogP contribution in [-0.2, 0) is 16.8 Å². The summed E-state index contributed by atoms with van der Waals surface area (Å²) in [5, 5.41) is 23.3. The summed E-state index contributed by atoms with van der Waals surface area (Å²) in [6.07, 6.45) is 5.49. The number of phenolic OH excluding ortho intramolecular Hbond substituents is 2. The van der Waals surface area contributed by atoms with E-state index >= 15 is 0 Å². The summed E-state index contributed by atoms with van der Waals surface area (Å²) in [5.74, 6) is 0.476. The van der Waals surface area contributed by atoms with Gasteiger partial charge in [-0.05, 0) is 68.8 Å². The molecule has 33 heavy (non-hydrogen) atoms. The second kappa shape index (κ2) is 8.45. The summed E-state index contributed by atoms with van der Waals surface area (Å²) in [7, 11) is 1.97. The van der Waals surface area contributed by atoms with E-state index in [4.69, 9.17) is 9.47 Å². The van der Waals surface area contributed by atoms with E-state index in [1.54, 1.807) is 24.3 Å². The number of carbonyl (C=O) groups excluding carboxylic acids is 1. The molecule has 0 aliphatic carbocycles. The molecule has 2 aliphatic heterocycles. The van der Waals surface area contributed by atoms with Crippen LogP contribution in [0.2, 0.25) is 0 Å². The SMILES string of the molecule is CNCCCCCCc1ccc2c(c1)C1(OC2=O)c2ccc(O)cc2Oc2cc(O)ccc21. The molecule has 3 N–H and O–H groups in total. The molecule has 0 aromatic heterocycles. The van der Waals surface area contributed by atoms with Crippen LogP contribution in [0, 0.1) is 0 Å². The van der Waals surface area contributed by atoms with E-state index in [2.05, 4.69) is 11.4 Å². The van der Waals surface area contributed by atoms with Crippen molar-refractivity contribution in [1.82, 2.24) is 5.32 Å². The smallest absolute Gasteiger partial charge is 0.340 e. The van der Waals surface area contributed by atoms with Crippen LogP contribution >= 0.6 is 0 Å². The van der Waals surface area contributed by atoms with Gasteiger partial charge in [0.2, 0.25) is 0 Å². The first-order chi connectivity index (χ1) is 16.0. The normalized spacial score (nSPS) is 14.9. The maximum Gasteiger partial charge on any atom is 0.340 e. The summed E-state index contributed by atoms with van der Waals surface area (Å²) in [6.45, 7) is 1.03. The number of fused-ring (bicyclic) bond motifs is 6. The van der Waals surface area contributed by atoms with Crippen LogP contribution in [0.15, 0.2) is 54.6 Å². The zero-order valence-electron chi connectivity index (χ0n) is 18.6. The molecule has 2 aliphatic rings. The topological polar surface area (TPSA) is 88.0 Å². The Bertz CT molecular complexity index is 1170. The highest BCUT2D eigenvalue weighted by atomic mass is 16.6. The Balaban J connectivity index is 1.57. The lowest BCUT2D eigenvalue weighted by Gasteiger charge is -2.36. The lowest BCUT2D eigenvalue weighted by molar-refractivity contribution is 0.0224. The molecule has 0 saturated carbocycles. The fraction of sp³-hybridized carbons (Fsp3) is 0.296. The van der Waals surface area contributed by atoms with Crippen LogP contribution in [0.4, 0.5) is 0 Å². The second-order valence-corrected chi connectivity index (χ2v) is 8.68. The molecule has 3 aromatic carbocycles. The van der Waals surface area contributed by atoms with Gasteiger partial charge in [0.1, 0.15) is 23.0 Å². The van der Waals surface area contributed by atoms with E-state index in [0.29, 0.717) is 28.2 Å². The molecule has 2 heterocycles. The minimum atomic E-state index is -1.19. The van der Waals surface area contributed by atoms with Gasteiger partial charge in [-0.3, -0.25) is 0 Å². The Morgan fingerprint density at radius 1 is 0.818 bits per heavy atom. The number of aryl methyl sites for hydroxylation is 1. The first-order valence-electron chi connectivity index (χ1n) is 11.4. The Labute approximate surface area is 192 Å². The highest BCUT2D eigenvalue weighted by Crippen LogP contribution is 2.57. The highest BCUT2D eigenvalue weighted by Gasteiger charge is 2.53. The second-order valence-electron chi connectivity index (χ2n) is 8.68. The van der Waals surface area contributed by atoms with Gasteiger partial charge in [0, 0.05) is 28.8 Å². The number of nitrogens with one attached hydrogen (secondary N) is 1. The number of aromatic hydroxyl groups is 2. The predicted molar refractivity (Wildman–Crippen MR) is 124 cm³/mol. The molecule has 0 bridgehead atoms. The summed E-state index contributed by atoms with van der Waals surface area (Å²) in [4.78, 5) is 13.0. The zero-order valence-corrected chi connectivity index (χ0v) is 18.6. The first-order valence-corrected chi connectivity index (χ1v) is 11.4. The Morgan fingerprint density at radius 3 is 2.15 bits per heavy atom. The van der Waals surface area contributed by atoms with Crippen molar-refractivity contribution in [2.75, 3.05) is 13.6 Å². The van der Waals surface area contributed by atoms with Crippen molar-refractivity contribution in [1.29, 1.82) is 0 Å². The summed E-state index contributed by atoms with van der Waals surface area (Å²) in [5.41, 5.74) is 2.53. The van der Waals surface area contributed by atoms with Crippen LogP contribution in [0.25, 0.3) is 0 Å². The van der Waals surface area contributed by atoms with Crippen molar-refractivity contribution in [3.63, 3.8) is 0 Å². The third kappa shape index (κ3) is 3.60. The Kier molecular flexibility index (Phi) is 5.46. The fourth-order valence-electron chi connectivity index (χ4n) is 4.89. The van der Waals surface area contributed by atoms with Crippen molar-refractivity contribution >= 4 is 5.97 Å². The van der Waals surface area contributed by atoms with Crippen LogP contribution in [0.3, 0.4) is 0 Å².